The van der Waals surface area contributed by atoms with Crippen LogP contribution in [-0.4, -0.2) is 70.5 Å². The van der Waals surface area contributed by atoms with Crippen molar-refractivity contribution in [1.29, 1.82) is 0 Å². The molecule has 0 radical (unpaired) electrons. The molecule has 0 saturated heterocycles. The number of unbranched alkanes of at least 4 members (excludes halogenated alkanes) is 1. The van der Waals surface area contributed by atoms with E-state index in [9.17, 15) is 34.2 Å². The zero-order chi connectivity index (χ0) is 28.8. The van der Waals surface area contributed by atoms with Crippen LogP contribution in [0.2, 0.25) is 0 Å². The summed E-state index contributed by atoms with van der Waals surface area (Å²) >= 11 is 0. The Balaban J connectivity index is 3.06. The van der Waals surface area contributed by atoms with Gasteiger partial charge >= 0.3 is 5.97 Å². The van der Waals surface area contributed by atoms with Gasteiger partial charge in [-0.15, -0.1) is 0 Å². The Kier molecular flexibility index (Phi) is 13.8. The van der Waals surface area contributed by atoms with Crippen molar-refractivity contribution in [3.8, 4) is 5.75 Å². The number of hydrogen-bond donors (Lipinski definition) is 8. The highest BCUT2D eigenvalue weighted by atomic mass is 16.4. The van der Waals surface area contributed by atoms with Crippen molar-refractivity contribution in [2.24, 2.45) is 23.1 Å². The topological polar surface area (TPSA) is 240 Å². The molecule has 0 fully saturated rings. The van der Waals surface area contributed by atoms with Crippen molar-refractivity contribution in [2.45, 2.75) is 76.5 Å². The summed E-state index contributed by atoms with van der Waals surface area (Å²) in [5.74, 6) is -4.30. The van der Waals surface area contributed by atoms with E-state index in [0.29, 0.717) is 24.9 Å². The van der Waals surface area contributed by atoms with Gasteiger partial charge in [0.25, 0.3) is 0 Å². The lowest BCUT2D eigenvalue weighted by molar-refractivity contribution is -0.142. The van der Waals surface area contributed by atoms with E-state index >= 15 is 0 Å². The summed E-state index contributed by atoms with van der Waals surface area (Å²) in [6.07, 6.45) is 1.15. The molecular weight excluding hydrogens is 496 g/mol. The number of benzene rings is 1. The summed E-state index contributed by atoms with van der Waals surface area (Å²) in [6, 6.07) is 1.47. The van der Waals surface area contributed by atoms with Crippen molar-refractivity contribution in [2.75, 3.05) is 6.54 Å². The number of carboxylic acid groups (broad SMARTS) is 1. The maximum atomic E-state index is 13.3. The predicted molar refractivity (Wildman–Crippen MR) is 139 cm³/mol. The molecule has 0 bridgehead atoms. The molecule has 13 nitrogen and oxygen atoms in total. The van der Waals surface area contributed by atoms with Crippen molar-refractivity contribution in [3.63, 3.8) is 0 Å². The lowest BCUT2D eigenvalue weighted by Crippen LogP contribution is -2.58. The second-order valence-electron chi connectivity index (χ2n) is 9.46. The molecule has 0 aliphatic carbocycles. The lowest BCUT2D eigenvalue weighted by Gasteiger charge is -2.27. The molecule has 1 aromatic carbocycles. The first kappa shape index (κ1) is 32.3. The minimum Gasteiger partial charge on any atom is -0.508 e. The number of phenols is 1. The number of phenolic OH excluding ortho intramolecular Hbond substituents is 1. The molecule has 4 atom stereocenters. The molecule has 0 aliphatic heterocycles. The van der Waals surface area contributed by atoms with E-state index in [2.05, 4.69) is 16.0 Å². The normalized spacial score (nSPS) is 14.1. The zero-order valence-electron chi connectivity index (χ0n) is 21.8. The van der Waals surface area contributed by atoms with E-state index in [0.717, 1.165) is 0 Å². The van der Waals surface area contributed by atoms with Crippen LogP contribution in [0.4, 0.5) is 0 Å². The molecule has 13 heteroatoms. The number of carbonyl (C=O) groups is 5. The number of rotatable bonds is 17. The summed E-state index contributed by atoms with van der Waals surface area (Å²) in [4.78, 5) is 61.6. The van der Waals surface area contributed by atoms with Gasteiger partial charge < -0.3 is 43.4 Å². The molecular formula is C25H40N6O7. The maximum Gasteiger partial charge on any atom is 0.326 e. The van der Waals surface area contributed by atoms with E-state index in [1.807, 2.05) is 0 Å². The van der Waals surface area contributed by atoms with Crippen LogP contribution < -0.4 is 33.2 Å². The van der Waals surface area contributed by atoms with Crippen LogP contribution in [0.15, 0.2) is 24.3 Å². The van der Waals surface area contributed by atoms with Gasteiger partial charge in [0, 0.05) is 12.8 Å². The fourth-order valence-electron chi connectivity index (χ4n) is 3.59. The number of hydrogen-bond acceptors (Lipinski definition) is 8. The Hall–Kier alpha value is -3.71. The largest absolute Gasteiger partial charge is 0.508 e. The number of nitrogens with one attached hydrogen (secondary N) is 3. The van der Waals surface area contributed by atoms with Crippen LogP contribution in [0.5, 0.6) is 5.75 Å². The highest BCUT2D eigenvalue weighted by Crippen LogP contribution is 2.13. The smallest absolute Gasteiger partial charge is 0.326 e. The van der Waals surface area contributed by atoms with Crippen LogP contribution >= 0.6 is 0 Å². The average molecular weight is 537 g/mol. The highest BCUT2D eigenvalue weighted by molar-refractivity contribution is 5.94. The molecule has 11 N–H and O–H groups in total. The van der Waals surface area contributed by atoms with Gasteiger partial charge in [-0.25, -0.2) is 4.79 Å². The standard InChI is InChI=1S/C25H40N6O7/c1-14(2)21(24(36)29-18(25(37)38)5-3-4-12-26)31-23(35)19(13-15-6-8-16(32)9-7-15)30-22(34)17(27)10-11-20(28)33/h6-9,14,17-19,21,32H,3-5,10-13,26-27H2,1-2H3,(H2,28,33)(H,29,36)(H,30,34)(H,31,35)(H,37,38). The number of aliphatic carboxylic acids is 1. The fourth-order valence-corrected chi connectivity index (χ4v) is 3.59. The Morgan fingerprint density at radius 1 is 0.868 bits per heavy atom. The van der Waals surface area contributed by atoms with Crippen molar-refractivity contribution in [1.82, 2.24) is 16.0 Å². The van der Waals surface area contributed by atoms with E-state index in [-0.39, 0.29) is 31.4 Å². The monoisotopic (exact) mass is 536 g/mol. The number of nitrogens with two attached hydrogens (primary N) is 3. The summed E-state index contributed by atoms with van der Waals surface area (Å²) in [7, 11) is 0. The highest BCUT2D eigenvalue weighted by Gasteiger charge is 2.32. The summed E-state index contributed by atoms with van der Waals surface area (Å²) < 4.78 is 0. The Morgan fingerprint density at radius 2 is 1.47 bits per heavy atom. The maximum absolute atomic E-state index is 13.3. The third-order valence-electron chi connectivity index (χ3n) is 5.86. The molecule has 0 saturated carbocycles. The van der Waals surface area contributed by atoms with Gasteiger partial charge in [-0.1, -0.05) is 26.0 Å². The molecule has 0 aromatic heterocycles. The minimum atomic E-state index is -1.20. The van der Waals surface area contributed by atoms with Crippen LogP contribution in [0.1, 0.15) is 51.5 Å². The Labute approximate surface area is 221 Å². The second kappa shape index (κ2) is 16.2. The van der Waals surface area contributed by atoms with Crippen LogP contribution in [-0.2, 0) is 30.4 Å². The molecule has 0 heterocycles. The number of primary amides is 1. The van der Waals surface area contributed by atoms with E-state index in [1.165, 1.54) is 12.1 Å². The summed E-state index contributed by atoms with van der Waals surface area (Å²) in [5, 5.41) is 26.7. The van der Waals surface area contributed by atoms with Crippen LogP contribution in [0.3, 0.4) is 0 Å². The predicted octanol–water partition coefficient (Wildman–Crippen LogP) is -1.15. The lowest BCUT2D eigenvalue weighted by atomic mass is 9.99. The summed E-state index contributed by atoms with van der Waals surface area (Å²) in [6.45, 7) is 3.76. The van der Waals surface area contributed by atoms with Crippen LogP contribution in [0.25, 0.3) is 0 Å². The molecule has 38 heavy (non-hydrogen) atoms. The molecule has 1 aromatic rings. The molecule has 1 rings (SSSR count). The number of carbonyl (C=O) groups excluding carboxylic acids is 4. The fraction of sp³-hybridized carbons (Fsp3) is 0.560. The van der Waals surface area contributed by atoms with Crippen molar-refractivity contribution < 1.29 is 34.2 Å². The first-order chi connectivity index (χ1) is 17.8. The van der Waals surface area contributed by atoms with Gasteiger partial charge in [-0.05, 0) is 55.8 Å². The SMILES string of the molecule is CC(C)C(NC(=O)C(Cc1ccc(O)cc1)NC(=O)C(N)CCC(N)=O)C(=O)NC(CCCCN)C(=O)O. The van der Waals surface area contributed by atoms with Gasteiger partial charge in [0.05, 0.1) is 6.04 Å². The first-order valence-corrected chi connectivity index (χ1v) is 12.5. The van der Waals surface area contributed by atoms with E-state index in [4.69, 9.17) is 17.2 Å². The van der Waals surface area contributed by atoms with E-state index < -0.39 is 59.7 Å². The Bertz CT molecular complexity index is 954. The second-order valence-corrected chi connectivity index (χ2v) is 9.46. The zero-order valence-corrected chi connectivity index (χ0v) is 21.8. The molecule has 0 aliphatic rings. The van der Waals surface area contributed by atoms with Gasteiger partial charge in [0.1, 0.15) is 23.9 Å². The van der Waals surface area contributed by atoms with E-state index in [1.54, 1.807) is 26.0 Å². The molecule has 212 valence electrons. The number of carboxylic acids is 1. The average Bonchev–Trinajstić information content (AvgIpc) is 2.85. The molecule has 0 spiro atoms. The van der Waals surface area contributed by atoms with Gasteiger partial charge in [-0.3, -0.25) is 19.2 Å². The van der Waals surface area contributed by atoms with Gasteiger partial charge in [0.2, 0.25) is 23.6 Å². The number of aromatic hydroxyl groups is 1. The Morgan fingerprint density at radius 3 is 2.00 bits per heavy atom. The van der Waals surface area contributed by atoms with Gasteiger partial charge in [-0.2, -0.15) is 0 Å². The first-order valence-electron chi connectivity index (χ1n) is 12.5. The molecule has 4 unspecified atom stereocenters. The minimum absolute atomic E-state index is 0.00364. The number of amides is 4. The quantitative estimate of drug-likeness (QED) is 0.112. The van der Waals surface area contributed by atoms with Gasteiger partial charge in [0.15, 0.2) is 0 Å². The van der Waals surface area contributed by atoms with Crippen molar-refractivity contribution >= 4 is 29.6 Å². The third-order valence-corrected chi connectivity index (χ3v) is 5.86. The van der Waals surface area contributed by atoms with Crippen molar-refractivity contribution in [3.05, 3.63) is 29.8 Å². The third kappa shape index (κ3) is 11.6. The molecule has 4 amide bonds. The summed E-state index contributed by atoms with van der Waals surface area (Å²) in [5.41, 5.74) is 17.0. The van der Waals surface area contributed by atoms with Crippen LogP contribution in [0, 0.1) is 5.92 Å².